The molecule has 0 saturated heterocycles. The zero-order valence-electron chi connectivity index (χ0n) is 13.3. The van der Waals surface area contributed by atoms with E-state index in [-0.39, 0.29) is 12.1 Å². The minimum atomic E-state index is -0.177. The first kappa shape index (κ1) is 17.7. The fourth-order valence-electron chi connectivity index (χ4n) is 2.56. The van der Waals surface area contributed by atoms with E-state index in [9.17, 15) is 5.11 Å². The summed E-state index contributed by atoms with van der Waals surface area (Å²) in [5.41, 5.74) is 2.06. The number of nitrogens with zero attached hydrogens (tertiary/aromatic N) is 2. The van der Waals surface area contributed by atoms with E-state index in [4.69, 9.17) is 0 Å². The summed E-state index contributed by atoms with van der Waals surface area (Å²) >= 11 is 3.55. The second-order valence-electron chi connectivity index (χ2n) is 6.18. The standard InChI is InChI=1S/C15H28BrN3O/c1-11(2)17-15(5,10-20)8-6-7-9-19-13(4)14(16)12(3)18-19/h11,17,20H,6-10H2,1-5H3. The number of halogens is 1. The van der Waals surface area contributed by atoms with Gasteiger partial charge in [0, 0.05) is 23.8 Å². The van der Waals surface area contributed by atoms with E-state index in [0.717, 1.165) is 36.0 Å². The molecule has 0 aromatic carbocycles. The van der Waals surface area contributed by atoms with Crippen molar-refractivity contribution in [3.63, 3.8) is 0 Å². The van der Waals surface area contributed by atoms with Gasteiger partial charge in [0.25, 0.3) is 0 Å². The average molecular weight is 346 g/mol. The lowest BCUT2D eigenvalue weighted by Gasteiger charge is -2.31. The van der Waals surface area contributed by atoms with Crippen molar-refractivity contribution >= 4 is 15.9 Å². The molecule has 0 aliphatic carbocycles. The van der Waals surface area contributed by atoms with Crippen LogP contribution in [0.1, 0.15) is 51.4 Å². The zero-order valence-corrected chi connectivity index (χ0v) is 14.9. The van der Waals surface area contributed by atoms with Gasteiger partial charge in [-0.2, -0.15) is 5.10 Å². The van der Waals surface area contributed by atoms with Crippen molar-refractivity contribution < 1.29 is 5.11 Å². The predicted molar refractivity (Wildman–Crippen MR) is 87.0 cm³/mol. The molecule has 1 rings (SSSR count). The lowest BCUT2D eigenvalue weighted by molar-refractivity contribution is 0.153. The molecule has 0 fully saturated rings. The molecule has 0 saturated carbocycles. The van der Waals surface area contributed by atoms with Crippen molar-refractivity contribution in [2.45, 2.75) is 72.0 Å². The number of aliphatic hydroxyl groups excluding tert-OH is 1. The zero-order chi connectivity index (χ0) is 15.3. The molecule has 1 heterocycles. The van der Waals surface area contributed by atoms with Crippen LogP contribution in [-0.2, 0) is 6.54 Å². The van der Waals surface area contributed by atoms with Gasteiger partial charge in [0.15, 0.2) is 0 Å². The van der Waals surface area contributed by atoms with Crippen LogP contribution in [0.3, 0.4) is 0 Å². The van der Waals surface area contributed by atoms with Crippen LogP contribution >= 0.6 is 15.9 Å². The highest BCUT2D eigenvalue weighted by Gasteiger charge is 2.23. The average Bonchev–Trinajstić information content (AvgIpc) is 2.61. The Morgan fingerprint density at radius 3 is 2.45 bits per heavy atom. The van der Waals surface area contributed by atoms with Crippen molar-refractivity contribution in [2.75, 3.05) is 6.61 Å². The maximum Gasteiger partial charge on any atom is 0.0738 e. The second kappa shape index (κ2) is 7.57. The summed E-state index contributed by atoms with van der Waals surface area (Å²) in [7, 11) is 0. The number of unbranched alkanes of at least 4 members (excludes halogenated alkanes) is 1. The molecule has 0 aliphatic heterocycles. The van der Waals surface area contributed by atoms with Gasteiger partial charge in [-0.3, -0.25) is 4.68 Å². The highest BCUT2D eigenvalue weighted by Crippen LogP contribution is 2.21. The summed E-state index contributed by atoms with van der Waals surface area (Å²) in [4.78, 5) is 0. The molecule has 0 bridgehead atoms. The number of nitrogens with one attached hydrogen (secondary N) is 1. The van der Waals surface area contributed by atoms with E-state index in [1.54, 1.807) is 0 Å². The molecule has 2 N–H and O–H groups in total. The van der Waals surface area contributed by atoms with Crippen LogP contribution in [0.4, 0.5) is 0 Å². The highest BCUT2D eigenvalue weighted by molar-refractivity contribution is 9.10. The van der Waals surface area contributed by atoms with Crippen molar-refractivity contribution in [2.24, 2.45) is 0 Å². The molecule has 0 aliphatic rings. The Kier molecular flexibility index (Phi) is 6.69. The third kappa shape index (κ3) is 4.86. The third-order valence-electron chi connectivity index (χ3n) is 3.63. The van der Waals surface area contributed by atoms with Crippen molar-refractivity contribution in [1.29, 1.82) is 0 Å². The van der Waals surface area contributed by atoms with Crippen LogP contribution < -0.4 is 5.32 Å². The van der Waals surface area contributed by atoms with Gasteiger partial charge < -0.3 is 10.4 Å². The van der Waals surface area contributed by atoms with Crippen LogP contribution in [0.5, 0.6) is 0 Å². The quantitative estimate of drug-likeness (QED) is 0.711. The van der Waals surface area contributed by atoms with Gasteiger partial charge in [0.05, 0.1) is 16.8 Å². The summed E-state index contributed by atoms with van der Waals surface area (Å²) in [5.74, 6) is 0. The molecule has 0 radical (unpaired) electrons. The molecular weight excluding hydrogens is 318 g/mol. The predicted octanol–water partition coefficient (Wildman–Crippen LogP) is 3.18. The van der Waals surface area contributed by atoms with E-state index in [1.165, 1.54) is 5.69 Å². The van der Waals surface area contributed by atoms with Crippen molar-refractivity contribution in [1.82, 2.24) is 15.1 Å². The Labute approximate surface area is 131 Å². The molecule has 1 aromatic rings. The first-order valence-electron chi connectivity index (χ1n) is 7.37. The second-order valence-corrected chi connectivity index (χ2v) is 6.98. The summed E-state index contributed by atoms with van der Waals surface area (Å²) in [6.07, 6.45) is 3.12. The Morgan fingerprint density at radius 1 is 1.35 bits per heavy atom. The van der Waals surface area contributed by atoms with Crippen LogP contribution in [0.15, 0.2) is 4.47 Å². The minimum Gasteiger partial charge on any atom is -0.394 e. The largest absolute Gasteiger partial charge is 0.394 e. The highest BCUT2D eigenvalue weighted by atomic mass is 79.9. The Hall–Kier alpha value is -0.390. The Balaban J connectivity index is 2.42. The molecule has 4 nitrogen and oxygen atoms in total. The fourth-order valence-corrected chi connectivity index (χ4v) is 2.85. The molecule has 20 heavy (non-hydrogen) atoms. The number of rotatable bonds is 8. The molecular formula is C15H28BrN3O. The minimum absolute atomic E-state index is 0.177. The normalized spacial score (nSPS) is 14.8. The lowest BCUT2D eigenvalue weighted by atomic mass is 9.95. The molecule has 1 atom stereocenters. The van der Waals surface area contributed by atoms with E-state index in [1.807, 2.05) is 6.92 Å². The molecule has 0 spiro atoms. The van der Waals surface area contributed by atoms with Crippen LogP contribution in [0.25, 0.3) is 0 Å². The molecule has 0 amide bonds. The van der Waals surface area contributed by atoms with Gasteiger partial charge >= 0.3 is 0 Å². The molecule has 1 unspecified atom stereocenters. The van der Waals surface area contributed by atoms with Crippen LogP contribution in [-0.4, -0.2) is 33.1 Å². The SMILES string of the molecule is Cc1nn(CCCCC(C)(CO)NC(C)C)c(C)c1Br. The summed E-state index contributed by atoms with van der Waals surface area (Å²) in [5, 5.41) is 17.5. The fraction of sp³-hybridized carbons (Fsp3) is 0.800. The first-order valence-corrected chi connectivity index (χ1v) is 8.16. The van der Waals surface area contributed by atoms with Gasteiger partial charge in [-0.25, -0.2) is 0 Å². The monoisotopic (exact) mass is 345 g/mol. The van der Waals surface area contributed by atoms with Crippen LogP contribution in [0, 0.1) is 13.8 Å². The van der Waals surface area contributed by atoms with Gasteiger partial charge in [-0.15, -0.1) is 0 Å². The maximum atomic E-state index is 9.55. The molecule has 1 aromatic heterocycles. The molecule has 5 heteroatoms. The van der Waals surface area contributed by atoms with E-state index < -0.39 is 0 Å². The molecule has 116 valence electrons. The van der Waals surface area contributed by atoms with Gasteiger partial charge in [0.1, 0.15) is 0 Å². The summed E-state index contributed by atoms with van der Waals surface area (Å²) in [6, 6.07) is 0.388. The smallest absolute Gasteiger partial charge is 0.0738 e. The van der Waals surface area contributed by atoms with Crippen LogP contribution in [0.2, 0.25) is 0 Å². The van der Waals surface area contributed by atoms with Crippen molar-refractivity contribution in [3.05, 3.63) is 15.9 Å². The number of aromatic nitrogens is 2. The van der Waals surface area contributed by atoms with Gasteiger partial charge in [-0.1, -0.05) is 13.8 Å². The Morgan fingerprint density at radius 2 is 2.00 bits per heavy atom. The topological polar surface area (TPSA) is 50.1 Å². The van der Waals surface area contributed by atoms with Gasteiger partial charge in [0.2, 0.25) is 0 Å². The number of aryl methyl sites for hydroxylation is 2. The lowest BCUT2D eigenvalue weighted by Crippen LogP contribution is -2.49. The summed E-state index contributed by atoms with van der Waals surface area (Å²) in [6.45, 7) is 11.5. The Bertz CT molecular complexity index is 431. The third-order valence-corrected chi connectivity index (χ3v) is 4.78. The first-order chi connectivity index (χ1) is 9.29. The van der Waals surface area contributed by atoms with Crippen molar-refractivity contribution in [3.8, 4) is 0 Å². The van der Waals surface area contributed by atoms with E-state index in [0.29, 0.717) is 6.04 Å². The maximum absolute atomic E-state index is 9.55. The number of aliphatic hydroxyl groups is 1. The van der Waals surface area contributed by atoms with E-state index >= 15 is 0 Å². The summed E-state index contributed by atoms with van der Waals surface area (Å²) < 4.78 is 3.17. The number of hydrogen-bond acceptors (Lipinski definition) is 3. The van der Waals surface area contributed by atoms with Gasteiger partial charge in [-0.05, 0) is 56.0 Å². The number of hydrogen-bond donors (Lipinski definition) is 2. The van der Waals surface area contributed by atoms with E-state index in [2.05, 4.69) is 58.7 Å².